The maximum absolute atomic E-state index is 9.22. The van der Waals surface area contributed by atoms with Gasteiger partial charge in [-0.25, -0.2) is 0 Å². The average molecular weight is 268 g/mol. The van der Waals surface area contributed by atoms with Crippen LogP contribution in [0.2, 0.25) is 0 Å². The van der Waals surface area contributed by atoms with Crippen LogP contribution in [0.15, 0.2) is 12.3 Å². The summed E-state index contributed by atoms with van der Waals surface area (Å²) in [6.07, 6.45) is 7.24. The summed E-state index contributed by atoms with van der Waals surface area (Å²) in [6, 6.07) is 3.91. The van der Waals surface area contributed by atoms with Gasteiger partial charge in [-0.15, -0.1) is 12.3 Å². The van der Waals surface area contributed by atoms with Gasteiger partial charge in [0.2, 0.25) is 0 Å². The smallest absolute Gasteiger partial charge is 0.399 e. The fraction of sp³-hybridized carbons (Fsp3) is 0.467. The molecule has 1 aromatic heterocycles. The minimum absolute atomic E-state index is 0.415. The van der Waals surface area contributed by atoms with Crippen molar-refractivity contribution in [3.63, 3.8) is 0 Å². The van der Waals surface area contributed by atoms with E-state index in [1.165, 1.54) is 6.20 Å². The predicted molar refractivity (Wildman–Crippen MR) is 77.2 cm³/mol. The standard InChI is InChI=1S/C15H17BN2O2/c1-6-7-12-8-13(11(9-17)10-18-12)16-19-14(2,3)15(4,5)20-16/h1,8,10H,7H2,2-5H3. The second-order valence-electron chi connectivity index (χ2n) is 5.84. The molecule has 0 atom stereocenters. The molecule has 0 radical (unpaired) electrons. The molecule has 0 N–H and O–H groups in total. The number of nitrogens with zero attached hydrogens (tertiary/aromatic N) is 2. The third-order valence-corrected chi connectivity index (χ3v) is 3.90. The summed E-state index contributed by atoms with van der Waals surface area (Å²) in [7, 11) is -0.575. The number of pyridine rings is 1. The van der Waals surface area contributed by atoms with Crippen molar-refractivity contribution in [1.29, 1.82) is 5.26 Å². The first-order valence-corrected chi connectivity index (χ1v) is 6.49. The highest BCUT2D eigenvalue weighted by molar-refractivity contribution is 6.62. The van der Waals surface area contributed by atoms with Crippen molar-refractivity contribution in [2.24, 2.45) is 0 Å². The molecule has 20 heavy (non-hydrogen) atoms. The Balaban J connectivity index is 2.41. The summed E-state index contributed by atoms with van der Waals surface area (Å²) in [5, 5.41) is 9.22. The number of aromatic nitrogens is 1. The molecule has 1 aliphatic heterocycles. The Morgan fingerprint density at radius 1 is 1.30 bits per heavy atom. The lowest BCUT2D eigenvalue weighted by Gasteiger charge is -2.32. The maximum Gasteiger partial charge on any atom is 0.496 e. The molecule has 1 aromatic rings. The largest absolute Gasteiger partial charge is 0.496 e. The number of nitriles is 1. The molecule has 4 nitrogen and oxygen atoms in total. The molecular weight excluding hydrogens is 251 g/mol. The minimum Gasteiger partial charge on any atom is -0.399 e. The van der Waals surface area contributed by atoms with Gasteiger partial charge in [0.1, 0.15) is 6.07 Å². The minimum atomic E-state index is -0.575. The highest BCUT2D eigenvalue weighted by Gasteiger charge is 2.52. The quantitative estimate of drug-likeness (QED) is 0.601. The lowest BCUT2D eigenvalue weighted by molar-refractivity contribution is 0.00578. The van der Waals surface area contributed by atoms with Gasteiger partial charge in [0.15, 0.2) is 0 Å². The van der Waals surface area contributed by atoms with Crippen molar-refractivity contribution in [2.45, 2.75) is 45.3 Å². The monoisotopic (exact) mass is 268 g/mol. The van der Waals surface area contributed by atoms with Crippen molar-refractivity contribution < 1.29 is 9.31 Å². The van der Waals surface area contributed by atoms with Crippen LogP contribution >= 0.6 is 0 Å². The van der Waals surface area contributed by atoms with Gasteiger partial charge < -0.3 is 9.31 Å². The van der Waals surface area contributed by atoms with E-state index in [4.69, 9.17) is 15.7 Å². The van der Waals surface area contributed by atoms with Gasteiger partial charge in [0.05, 0.1) is 28.9 Å². The summed E-state index contributed by atoms with van der Waals surface area (Å²) in [4.78, 5) is 4.17. The van der Waals surface area contributed by atoms with E-state index in [1.54, 1.807) is 6.07 Å². The molecule has 0 amide bonds. The van der Waals surface area contributed by atoms with Gasteiger partial charge in [-0.3, -0.25) is 4.98 Å². The fourth-order valence-electron chi connectivity index (χ4n) is 1.98. The average Bonchev–Trinajstić information content (AvgIpc) is 2.59. The maximum atomic E-state index is 9.22. The highest BCUT2D eigenvalue weighted by Crippen LogP contribution is 2.36. The van der Waals surface area contributed by atoms with Gasteiger partial charge in [0, 0.05) is 11.7 Å². The van der Waals surface area contributed by atoms with Crippen LogP contribution in [0.1, 0.15) is 39.0 Å². The molecular formula is C15H17BN2O2. The van der Waals surface area contributed by atoms with Crippen LogP contribution in [0.3, 0.4) is 0 Å². The summed E-state index contributed by atoms with van der Waals surface area (Å²) in [6.45, 7) is 7.90. The van der Waals surface area contributed by atoms with Gasteiger partial charge in [0.25, 0.3) is 0 Å². The Morgan fingerprint density at radius 3 is 2.40 bits per heavy atom. The first-order valence-electron chi connectivity index (χ1n) is 6.49. The lowest BCUT2D eigenvalue weighted by Crippen LogP contribution is -2.41. The zero-order chi connectivity index (χ0) is 15.0. The first-order chi connectivity index (χ1) is 9.30. The molecule has 0 spiro atoms. The number of rotatable bonds is 2. The Hall–Kier alpha value is -1.82. The topological polar surface area (TPSA) is 55.1 Å². The van der Waals surface area contributed by atoms with Crippen molar-refractivity contribution in [1.82, 2.24) is 4.98 Å². The second kappa shape index (κ2) is 4.94. The third-order valence-electron chi connectivity index (χ3n) is 3.90. The molecule has 102 valence electrons. The molecule has 0 aliphatic carbocycles. The third kappa shape index (κ3) is 2.43. The zero-order valence-corrected chi connectivity index (χ0v) is 12.2. The van der Waals surface area contributed by atoms with E-state index in [0.717, 1.165) is 5.69 Å². The molecule has 0 saturated carbocycles. The van der Waals surface area contributed by atoms with Crippen LogP contribution in [0.5, 0.6) is 0 Å². The number of terminal acetylenes is 1. The summed E-state index contributed by atoms with van der Waals surface area (Å²) >= 11 is 0. The molecule has 0 bridgehead atoms. The molecule has 2 rings (SSSR count). The Morgan fingerprint density at radius 2 is 1.90 bits per heavy atom. The Kier molecular flexibility index (Phi) is 3.60. The lowest BCUT2D eigenvalue weighted by atomic mass is 9.76. The van der Waals surface area contributed by atoms with Crippen molar-refractivity contribution in [2.75, 3.05) is 0 Å². The molecule has 0 unspecified atom stereocenters. The van der Waals surface area contributed by atoms with Crippen LogP contribution in [-0.4, -0.2) is 23.3 Å². The van der Waals surface area contributed by atoms with Gasteiger partial charge in [-0.1, -0.05) is 0 Å². The number of hydrogen-bond acceptors (Lipinski definition) is 4. The molecule has 1 saturated heterocycles. The molecule has 1 fully saturated rings. The summed E-state index contributed by atoms with van der Waals surface area (Å²) in [5.74, 6) is 2.54. The predicted octanol–water partition coefficient (Wildman–Crippen LogP) is 1.43. The van der Waals surface area contributed by atoms with Gasteiger partial charge in [-0.2, -0.15) is 5.26 Å². The molecule has 1 aliphatic rings. The number of hydrogen-bond donors (Lipinski definition) is 0. The van der Waals surface area contributed by atoms with Crippen LogP contribution in [0, 0.1) is 23.7 Å². The van der Waals surface area contributed by atoms with E-state index in [0.29, 0.717) is 17.4 Å². The van der Waals surface area contributed by atoms with Crippen LogP contribution in [0.4, 0.5) is 0 Å². The van der Waals surface area contributed by atoms with E-state index in [-0.39, 0.29) is 0 Å². The van der Waals surface area contributed by atoms with Crippen molar-refractivity contribution in [3.8, 4) is 18.4 Å². The first kappa shape index (κ1) is 14.6. The van der Waals surface area contributed by atoms with Gasteiger partial charge in [-0.05, 0) is 33.8 Å². The van der Waals surface area contributed by atoms with E-state index in [2.05, 4.69) is 17.0 Å². The summed E-state index contributed by atoms with van der Waals surface area (Å²) in [5.41, 5.74) is 0.978. The summed E-state index contributed by atoms with van der Waals surface area (Å²) < 4.78 is 11.9. The van der Waals surface area contributed by atoms with Crippen LogP contribution in [0.25, 0.3) is 0 Å². The van der Waals surface area contributed by atoms with E-state index in [1.807, 2.05) is 27.7 Å². The van der Waals surface area contributed by atoms with Crippen molar-refractivity contribution >= 4 is 12.6 Å². The molecule has 0 aromatic carbocycles. The Bertz CT molecular complexity index is 595. The zero-order valence-electron chi connectivity index (χ0n) is 12.2. The van der Waals surface area contributed by atoms with Crippen LogP contribution in [-0.2, 0) is 15.7 Å². The van der Waals surface area contributed by atoms with E-state index >= 15 is 0 Å². The second-order valence-corrected chi connectivity index (χ2v) is 5.84. The normalized spacial score (nSPS) is 19.4. The van der Waals surface area contributed by atoms with E-state index < -0.39 is 18.3 Å². The Labute approximate surface area is 120 Å². The molecule has 5 heteroatoms. The fourth-order valence-corrected chi connectivity index (χ4v) is 1.98. The van der Waals surface area contributed by atoms with Crippen molar-refractivity contribution in [3.05, 3.63) is 23.5 Å². The van der Waals surface area contributed by atoms with E-state index in [9.17, 15) is 5.26 Å². The SMILES string of the molecule is C#CCc1cc(B2OC(C)(C)C(C)(C)O2)c(C#N)cn1. The highest BCUT2D eigenvalue weighted by atomic mass is 16.7. The van der Waals surface area contributed by atoms with Gasteiger partial charge >= 0.3 is 7.12 Å². The van der Waals surface area contributed by atoms with Crippen LogP contribution < -0.4 is 5.46 Å². The molecule has 2 heterocycles.